The van der Waals surface area contributed by atoms with Crippen LogP contribution in [0, 0.1) is 0 Å². The van der Waals surface area contributed by atoms with Gasteiger partial charge in [-0.3, -0.25) is 15.0 Å². The number of aryl methyl sites for hydroxylation is 2. The fraction of sp³-hybridized carbons (Fsp3) is 0.391. The number of nitrogens with zero attached hydrogens (tertiary/aromatic N) is 1. The van der Waals surface area contributed by atoms with Crippen LogP contribution in [0.3, 0.4) is 0 Å². The Hall–Kier alpha value is -2.61. The second kappa shape index (κ2) is 11.1. The van der Waals surface area contributed by atoms with E-state index in [1.54, 1.807) is 18.7 Å². The summed E-state index contributed by atoms with van der Waals surface area (Å²) in [5.74, 6) is -0.0570. The summed E-state index contributed by atoms with van der Waals surface area (Å²) in [7, 11) is 1.89. The van der Waals surface area contributed by atoms with Crippen molar-refractivity contribution in [1.82, 2.24) is 0 Å². The van der Waals surface area contributed by atoms with Crippen LogP contribution in [0.15, 0.2) is 42.5 Å². The number of hydrogen-bond donors (Lipinski definition) is 3. The first-order chi connectivity index (χ1) is 14.4. The zero-order chi connectivity index (χ0) is 21.7. The average Bonchev–Trinajstić information content (AvgIpc) is 2.84. The molecule has 1 unspecified atom stereocenters. The Balaban J connectivity index is 0.00000341. The average molecular weight is 448 g/mol. The van der Waals surface area contributed by atoms with Crippen molar-refractivity contribution < 1.29 is 36.7 Å². The maximum Gasteiger partial charge on any atom is 0.411 e. The van der Waals surface area contributed by atoms with Gasteiger partial charge in [-0.25, -0.2) is 4.79 Å². The number of rotatable bonds is 6. The van der Waals surface area contributed by atoms with E-state index < -0.39 is 6.09 Å². The normalized spacial score (nSPS) is 13.4. The number of fused-ring (bicyclic) bond motifs is 2. The number of aliphatic hydroxyl groups is 1. The van der Waals surface area contributed by atoms with Gasteiger partial charge in [-0.1, -0.05) is 24.3 Å². The zero-order valence-electron chi connectivity index (χ0n) is 18.2. The number of amides is 2. The van der Waals surface area contributed by atoms with Crippen molar-refractivity contribution in [3.63, 3.8) is 0 Å². The molecule has 0 radical (unpaired) electrons. The standard InChI is InChI=1S/C23H29N3O4.ClH/c1-16(2)30-23(29)24-19-11-10-18-9-8-17-6-4-5-7-20(17)26(21(18)14-19)22(28)15-25(3)12-13-27;/h4-7,10-11,14,16,27H,8-9,12-13,15H2,1-3H3,(H,24,29);1H. The predicted octanol–water partition coefficient (Wildman–Crippen LogP) is -1.08. The number of carbonyl (C=O) groups excluding carboxylic acids is 2. The summed E-state index contributed by atoms with van der Waals surface area (Å²) >= 11 is 0. The molecule has 0 aromatic heterocycles. The van der Waals surface area contributed by atoms with E-state index in [2.05, 4.69) is 5.32 Å². The first kappa shape index (κ1) is 24.7. The molecule has 2 aromatic rings. The van der Waals surface area contributed by atoms with Crippen LogP contribution in [0.5, 0.6) is 0 Å². The Morgan fingerprint density at radius 2 is 1.81 bits per heavy atom. The van der Waals surface area contributed by atoms with Gasteiger partial charge in [0.15, 0.2) is 6.54 Å². The van der Waals surface area contributed by atoms with Gasteiger partial charge in [0.25, 0.3) is 5.91 Å². The number of quaternary nitrogens is 1. The number of aliphatic hydroxyl groups excluding tert-OH is 1. The summed E-state index contributed by atoms with van der Waals surface area (Å²) in [4.78, 5) is 28.1. The lowest BCUT2D eigenvalue weighted by molar-refractivity contribution is -0.871. The van der Waals surface area contributed by atoms with Gasteiger partial charge in [-0.05, 0) is 56.0 Å². The van der Waals surface area contributed by atoms with Gasteiger partial charge < -0.3 is 27.2 Å². The van der Waals surface area contributed by atoms with Crippen molar-refractivity contribution in [2.24, 2.45) is 0 Å². The van der Waals surface area contributed by atoms with Crippen LogP contribution in [-0.2, 0) is 22.4 Å². The molecule has 1 heterocycles. The van der Waals surface area contributed by atoms with Crippen LogP contribution in [0.4, 0.5) is 21.9 Å². The molecule has 3 rings (SSSR count). The Morgan fingerprint density at radius 1 is 1.13 bits per heavy atom. The number of carbonyl (C=O) groups is 2. The van der Waals surface area contributed by atoms with E-state index in [0.29, 0.717) is 12.2 Å². The van der Waals surface area contributed by atoms with Gasteiger partial charge >= 0.3 is 6.09 Å². The van der Waals surface area contributed by atoms with Gasteiger partial charge in [-0.2, -0.15) is 0 Å². The third kappa shape index (κ3) is 6.19. The highest BCUT2D eigenvalue weighted by Gasteiger charge is 2.28. The fourth-order valence-electron chi connectivity index (χ4n) is 3.65. The van der Waals surface area contributed by atoms with Crippen molar-refractivity contribution >= 4 is 29.1 Å². The van der Waals surface area contributed by atoms with Crippen LogP contribution in [-0.4, -0.2) is 50.0 Å². The van der Waals surface area contributed by atoms with E-state index in [4.69, 9.17) is 4.74 Å². The van der Waals surface area contributed by atoms with Crippen molar-refractivity contribution in [3.8, 4) is 0 Å². The number of anilines is 3. The molecule has 31 heavy (non-hydrogen) atoms. The van der Waals surface area contributed by atoms with Crippen LogP contribution < -0.4 is 27.5 Å². The molecule has 0 saturated carbocycles. The summed E-state index contributed by atoms with van der Waals surface area (Å²) in [5, 5.41) is 12.0. The third-order valence-electron chi connectivity index (χ3n) is 5.05. The second-order valence-corrected chi connectivity index (χ2v) is 7.89. The summed E-state index contributed by atoms with van der Waals surface area (Å²) in [6.45, 7) is 4.36. The zero-order valence-corrected chi connectivity index (χ0v) is 18.9. The van der Waals surface area contributed by atoms with Crippen LogP contribution in [0.1, 0.15) is 25.0 Å². The molecular weight excluding hydrogens is 418 g/mol. The molecule has 1 aliphatic heterocycles. The highest BCUT2D eigenvalue weighted by molar-refractivity contribution is 6.03. The topological polar surface area (TPSA) is 83.3 Å². The Kier molecular flexibility index (Phi) is 8.86. The minimum absolute atomic E-state index is 0. The Bertz CT molecular complexity index is 919. The molecular formula is C23H30ClN3O4. The number of ether oxygens (including phenoxy) is 1. The van der Waals surface area contributed by atoms with E-state index >= 15 is 0 Å². The molecule has 0 spiro atoms. The van der Waals surface area contributed by atoms with Crippen molar-refractivity contribution in [3.05, 3.63) is 53.6 Å². The number of nitrogens with one attached hydrogen (secondary N) is 2. The van der Waals surface area contributed by atoms with Crippen molar-refractivity contribution in [2.45, 2.75) is 32.8 Å². The van der Waals surface area contributed by atoms with E-state index in [0.717, 1.165) is 40.2 Å². The number of para-hydroxylation sites is 1. The lowest BCUT2D eigenvalue weighted by Gasteiger charge is -2.26. The minimum atomic E-state index is -0.524. The molecule has 0 aliphatic carbocycles. The third-order valence-corrected chi connectivity index (χ3v) is 5.05. The minimum Gasteiger partial charge on any atom is -1.00 e. The number of benzene rings is 2. The number of hydrogen-bond acceptors (Lipinski definition) is 4. The summed E-state index contributed by atoms with van der Waals surface area (Å²) in [6.07, 6.45) is 0.880. The smallest absolute Gasteiger partial charge is 0.411 e. The van der Waals surface area contributed by atoms with Crippen LogP contribution in [0.25, 0.3) is 0 Å². The quantitative estimate of drug-likeness (QED) is 0.526. The molecule has 168 valence electrons. The summed E-state index contributed by atoms with van der Waals surface area (Å²) < 4.78 is 5.18. The van der Waals surface area contributed by atoms with Gasteiger partial charge in [0.05, 0.1) is 31.1 Å². The molecule has 3 N–H and O–H groups in total. The molecule has 0 saturated heterocycles. The van der Waals surface area contributed by atoms with Gasteiger partial charge in [0.1, 0.15) is 6.54 Å². The van der Waals surface area contributed by atoms with Crippen LogP contribution >= 0.6 is 0 Å². The number of halogens is 1. The summed E-state index contributed by atoms with van der Waals surface area (Å²) in [5.41, 5.74) is 4.36. The fourth-order valence-corrected chi connectivity index (χ4v) is 3.65. The predicted molar refractivity (Wildman–Crippen MR) is 116 cm³/mol. The lowest BCUT2D eigenvalue weighted by atomic mass is 10.0. The molecule has 0 bridgehead atoms. The monoisotopic (exact) mass is 447 g/mol. The maximum atomic E-state index is 13.4. The number of likely N-dealkylation sites (N-methyl/N-ethyl adjacent to an activating group) is 1. The van der Waals surface area contributed by atoms with Crippen molar-refractivity contribution in [2.75, 3.05) is 37.0 Å². The first-order valence-electron chi connectivity index (χ1n) is 10.3. The Morgan fingerprint density at radius 3 is 2.48 bits per heavy atom. The van der Waals surface area contributed by atoms with Gasteiger partial charge in [0, 0.05) is 5.69 Å². The molecule has 1 atom stereocenters. The molecule has 7 nitrogen and oxygen atoms in total. The molecule has 0 fully saturated rings. The molecule has 2 amide bonds. The highest BCUT2D eigenvalue weighted by Crippen LogP contribution is 2.37. The maximum absolute atomic E-state index is 13.4. The van der Waals surface area contributed by atoms with E-state index in [1.807, 2.05) is 49.5 Å². The second-order valence-electron chi connectivity index (χ2n) is 7.89. The van der Waals surface area contributed by atoms with E-state index in [-0.39, 0.29) is 37.6 Å². The molecule has 8 heteroatoms. The van der Waals surface area contributed by atoms with Gasteiger partial charge in [0.2, 0.25) is 0 Å². The van der Waals surface area contributed by atoms with Crippen molar-refractivity contribution in [1.29, 1.82) is 0 Å². The van der Waals surface area contributed by atoms with Crippen LogP contribution in [0.2, 0.25) is 0 Å². The van der Waals surface area contributed by atoms with E-state index in [9.17, 15) is 14.7 Å². The highest BCUT2D eigenvalue weighted by atomic mass is 35.5. The summed E-state index contributed by atoms with van der Waals surface area (Å²) in [6, 6.07) is 13.5. The molecule has 1 aliphatic rings. The van der Waals surface area contributed by atoms with E-state index in [1.165, 1.54) is 0 Å². The largest absolute Gasteiger partial charge is 1.00 e. The Labute approximate surface area is 189 Å². The van der Waals surface area contributed by atoms with Gasteiger partial charge in [-0.15, -0.1) is 0 Å². The SMILES string of the molecule is CC(C)OC(=O)Nc1ccc2c(c1)N(C(=O)C[NH+](C)CCO)c1ccccc1CC2.[Cl-]. The molecule has 2 aromatic carbocycles. The first-order valence-corrected chi connectivity index (χ1v) is 10.3. The lowest BCUT2D eigenvalue weighted by Crippen LogP contribution is -3.10.